The van der Waals surface area contributed by atoms with Crippen LogP contribution in [0.25, 0.3) is 0 Å². The van der Waals surface area contributed by atoms with Crippen LogP contribution in [0.2, 0.25) is 0 Å². The van der Waals surface area contributed by atoms with Crippen LogP contribution in [0.4, 0.5) is 11.4 Å². The Hall–Kier alpha value is -2.21. The molecule has 0 unspecified atom stereocenters. The van der Waals surface area contributed by atoms with Crippen LogP contribution in [0.1, 0.15) is 60.9 Å². The lowest BCUT2D eigenvalue weighted by molar-refractivity contribution is 0.454. The first kappa shape index (κ1) is 24.4. The molecule has 0 amide bonds. The quantitative estimate of drug-likeness (QED) is 0.601. The fraction of sp³-hybridized carbons (Fsp3) is 0.500. The Morgan fingerprint density at radius 1 is 0.938 bits per heavy atom. The number of hydrogen-bond acceptors (Lipinski definition) is 4. The number of aryl methyl sites for hydroxylation is 4. The second-order valence-corrected chi connectivity index (χ2v) is 11.4. The van der Waals surface area contributed by atoms with Crippen LogP contribution in [0.5, 0.6) is 5.75 Å². The molecule has 6 heteroatoms. The molecule has 1 N–H and O–H groups in total. The summed E-state index contributed by atoms with van der Waals surface area (Å²) in [5.41, 5.74) is 6.32. The third kappa shape index (κ3) is 4.61. The predicted molar refractivity (Wildman–Crippen MR) is 133 cm³/mol. The lowest BCUT2D eigenvalue weighted by Crippen LogP contribution is -2.36. The Labute approximate surface area is 194 Å². The van der Waals surface area contributed by atoms with Gasteiger partial charge in [0.1, 0.15) is 10.6 Å². The number of hydrogen-bond donors (Lipinski definition) is 1. The van der Waals surface area contributed by atoms with Crippen LogP contribution in [0.3, 0.4) is 0 Å². The van der Waals surface area contributed by atoms with Crippen molar-refractivity contribution in [3.8, 4) is 5.75 Å². The Balaban J connectivity index is 2.25. The van der Waals surface area contributed by atoms with Gasteiger partial charge < -0.3 is 10.0 Å². The Morgan fingerprint density at radius 2 is 1.56 bits per heavy atom. The van der Waals surface area contributed by atoms with Crippen molar-refractivity contribution in [1.82, 2.24) is 0 Å². The number of aromatic hydroxyl groups is 1. The van der Waals surface area contributed by atoms with Gasteiger partial charge in [-0.05, 0) is 93.7 Å². The normalized spacial score (nSPS) is 14.8. The number of sulfonamides is 1. The van der Waals surface area contributed by atoms with Gasteiger partial charge in [-0.15, -0.1) is 0 Å². The van der Waals surface area contributed by atoms with E-state index >= 15 is 0 Å². The van der Waals surface area contributed by atoms with E-state index in [2.05, 4.69) is 17.9 Å². The molecule has 32 heavy (non-hydrogen) atoms. The largest absolute Gasteiger partial charge is 0.506 e. The maximum atomic E-state index is 14.0. The molecule has 2 aromatic rings. The molecule has 0 aromatic heterocycles. The fourth-order valence-corrected chi connectivity index (χ4v) is 6.89. The maximum absolute atomic E-state index is 14.0. The van der Waals surface area contributed by atoms with Gasteiger partial charge >= 0.3 is 0 Å². The molecular formula is C26H37N2O3S. The maximum Gasteiger partial charge on any atom is 0.268 e. The van der Waals surface area contributed by atoms with Crippen LogP contribution in [-0.2, 0) is 10.0 Å². The Morgan fingerprint density at radius 3 is 2.16 bits per heavy atom. The molecule has 0 atom stereocenters. The number of anilines is 2. The zero-order chi connectivity index (χ0) is 23.8. The molecule has 1 aliphatic rings. The van der Waals surface area contributed by atoms with E-state index in [1.165, 1.54) is 16.3 Å². The fourth-order valence-electron chi connectivity index (χ4n) is 4.96. The van der Waals surface area contributed by atoms with Crippen LogP contribution >= 0.6 is 0 Å². The summed E-state index contributed by atoms with van der Waals surface area (Å²) in [6.07, 6.45) is 3.55. The first-order chi connectivity index (χ1) is 14.9. The Kier molecular flexibility index (Phi) is 7.13. The first-order valence-corrected chi connectivity index (χ1v) is 12.9. The second-order valence-electron chi connectivity index (χ2n) is 9.53. The van der Waals surface area contributed by atoms with Gasteiger partial charge in [0.25, 0.3) is 10.0 Å². The van der Waals surface area contributed by atoms with E-state index in [1.54, 1.807) is 19.1 Å². The Bertz CT molecular complexity index is 1100. The third-order valence-electron chi connectivity index (χ3n) is 6.25. The summed E-state index contributed by atoms with van der Waals surface area (Å²) < 4.78 is 29.5. The molecule has 3 rings (SSSR count). The zero-order valence-corrected chi connectivity index (χ0v) is 21.4. The number of phenolic OH excluding ortho intramolecular Hbond substituents is 1. The molecule has 175 valence electrons. The minimum Gasteiger partial charge on any atom is -0.506 e. The number of phenols is 1. The average Bonchev–Trinajstić information content (AvgIpc) is 2.70. The van der Waals surface area contributed by atoms with Crippen molar-refractivity contribution in [2.45, 2.75) is 72.6 Å². The number of rotatable bonds is 6. The highest BCUT2D eigenvalue weighted by Crippen LogP contribution is 2.41. The molecule has 5 nitrogen and oxygen atoms in total. The van der Waals surface area contributed by atoms with Crippen molar-refractivity contribution >= 4 is 21.4 Å². The van der Waals surface area contributed by atoms with E-state index in [0.717, 1.165) is 59.9 Å². The zero-order valence-electron chi connectivity index (χ0n) is 20.5. The topological polar surface area (TPSA) is 60.9 Å². The molecular weight excluding hydrogens is 420 g/mol. The lowest BCUT2D eigenvalue weighted by Gasteiger charge is -2.35. The summed E-state index contributed by atoms with van der Waals surface area (Å²) in [7, 11) is -3.99. The van der Waals surface area contributed by atoms with Crippen LogP contribution in [-0.4, -0.2) is 33.2 Å². The summed E-state index contributed by atoms with van der Waals surface area (Å²) in [6.45, 7) is 15.8. The van der Waals surface area contributed by atoms with E-state index in [9.17, 15) is 13.5 Å². The summed E-state index contributed by atoms with van der Waals surface area (Å²) >= 11 is 0. The van der Waals surface area contributed by atoms with Crippen molar-refractivity contribution in [2.24, 2.45) is 0 Å². The van der Waals surface area contributed by atoms with E-state index in [1.807, 2.05) is 34.6 Å². The third-order valence-corrected chi connectivity index (χ3v) is 8.01. The van der Waals surface area contributed by atoms with Crippen LogP contribution in [0.15, 0.2) is 23.1 Å². The molecule has 0 bridgehead atoms. The summed E-state index contributed by atoms with van der Waals surface area (Å²) in [4.78, 5) is 2.37. The van der Waals surface area contributed by atoms with Crippen molar-refractivity contribution in [1.29, 1.82) is 0 Å². The standard InChI is InChI=1S/C26H37N2O3S/c1-17(2)16-28(32(30,31)23-14-18(3)13-21(6)26(23)29)25-20(5)15-19(4)24(22(25)7)27-11-9-8-10-12-27/h13-15,29H,8-12,16H2,1-7H3. The van der Waals surface area contributed by atoms with Crippen LogP contribution in [0, 0.1) is 40.5 Å². The van der Waals surface area contributed by atoms with Crippen molar-refractivity contribution in [2.75, 3.05) is 28.8 Å². The molecule has 0 saturated carbocycles. The van der Waals surface area contributed by atoms with Crippen molar-refractivity contribution < 1.29 is 13.5 Å². The van der Waals surface area contributed by atoms with Gasteiger partial charge in [0.2, 0.25) is 0 Å². The van der Waals surface area contributed by atoms with E-state index in [0.29, 0.717) is 5.56 Å². The van der Waals surface area contributed by atoms with E-state index in [4.69, 9.17) is 0 Å². The summed E-state index contributed by atoms with van der Waals surface area (Å²) in [6, 6.07) is 5.47. The van der Waals surface area contributed by atoms with Gasteiger partial charge in [-0.2, -0.15) is 0 Å². The van der Waals surface area contributed by atoms with Crippen LogP contribution < -0.4 is 9.21 Å². The molecule has 1 heterocycles. The molecule has 1 aliphatic heterocycles. The smallest absolute Gasteiger partial charge is 0.268 e. The van der Waals surface area contributed by atoms with Gasteiger partial charge in [-0.1, -0.05) is 26.0 Å². The van der Waals surface area contributed by atoms with Gasteiger partial charge in [-0.25, -0.2) is 8.42 Å². The average molecular weight is 458 g/mol. The summed E-state index contributed by atoms with van der Waals surface area (Å²) in [5, 5.41) is 10.7. The number of benzene rings is 2. The number of nitrogens with zero attached hydrogens (tertiary/aromatic N) is 2. The van der Waals surface area contributed by atoms with E-state index < -0.39 is 10.0 Å². The minimum absolute atomic E-state index is 0.0323. The molecule has 1 fully saturated rings. The molecule has 2 aromatic carbocycles. The van der Waals surface area contributed by atoms with Gasteiger partial charge in [0.15, 0.2) is 0 Å². The van der Waals surface area contributed by atoms with Gasteiger partial charge in [0.05, 0.1) is 5.69 Å². The van der Waals surface area contributed by atoms with Crippen molar-refractivity contribution in [3.63, 3.8) is 0 Å². The highest BCUT2D eigenvalue weighted by Gasteiger charge is 2.33. The van der Waals surface area contributed by atoms with Crippen molar-refractivity contribution in [3.05, 3.63) is 51.9 Å². The molecule has 0 aliphatic carbocycles. The second kappa shape index (κ2) is 9.34. The molecule has 0 spiro atoms. The first-order valence-electron chi connectivity index (χ1n) is 11.4. The van der Waals surface area contributed by atoms with E-state index in [-0.39, 0.29) is 17.2 Å². The minimum atomic E-state index is -3.99. The predicted octanol–water partition coefficient (Wildman–Crippen LogP) is 5.73. The summed E-state index contributed by atoms with van der Waals surface area (Å²) in [5.74, 6) is 0.810. The lowest BCUT2D eigenvalue weighted by atomic mass is 9.98. The number of piperidine rings is 1. The molecule has 1 radical (unpaired) electrons. The highest BCUT2D eigenvalue weighted by molar-refractivity contribution is 7.93. The SMILES string of the molecule is C[C](C)CN(c1c(C)cc(C)c(N2CCCCC2)c1C)S(=O)(=O)c1cc(C)cc(C)c1O. The van der Waals surface area contributed by atoms with Gasteiger partial charge in [0, 0.05) is 25.3 Å². The monoisotopic (exact) mass is 457 g/mol. The van der Waals surface area contributed by atoms with Gasteiger partial charge in [-0.3, -0.25) is 4.31 Å². The highest BCUT2D eigenvalue weighted by atomic mass is 32.2. The molecule has 1 saturated heterocycles.